The SMILES string of the molecule is CCC(=O)OC1CC[C@]2(CO2)C([C@]2(C)O[C@@H]2CC=C(C)C)C1OC.CCC(=O)OC1CC[C@]2(CO2)C([C@]2(C)O[C@@H]2CC=C(C)C)C1OC.CCC(=O)OC1CC[C@]2(CO2)C([C@]2(C)O[C@@H]2CC=C(C)C)C1OC.CCCOCCOCCNC(=O)CCC.CCCOCCOCCNC(=O)CCC.CCCOCCOCCNC(=O)CCC. The number of methoxy groups -OCH3 is 3. The zero-order chi connectivity index (χ0) is 86.7. The molecule has 6 heterocycles. The molecule has 27 nitrogen and oxygen atoms in total. The number of epoxide rings is 6. The number of nitrogens with one attached hydrogen (secondary N) is 3. The third-order valence-electron chi connectivity index (χ3n) is 22.7. The largest absolute Gasteiger partial charge is 0.460 e. The first-order valence-corrected chi connectivity index (χ1v) is 44.3. The fourth-order valence-corrected chi connectivity index (χ4v) is 16.1. The van der Waals surface area contributed by atoms with Gasteiger partial charge in [-0.15, -0.1) is 0 Å². The number of rotatable bonds is 48. The van der Waals surface area contributed by atoms with Gasteiger partial charge in [-0.1, -0.05) is 97.3 Å². The molecule has 18 atom stereocenters. The Kier molecular flexibility index (Phi) is 49.1. The molecule has 678 valence electrons. The minimum absolute atomic E-state index is 0.0916. The highest BCUT2D eigenvalue weighted by molar-refractivity contribution is 5.76. The Morgan fingerprint density at radius 1 is 0.350 bits per heavy atom. The van der Waals surface area contributed by atoms with Gasteiger partial charge in [0.2, 0.25) is 17.7 Å². The van der Waals surface area contributed by atoms with Crippen molar-refractivity contribution in [2.24, 2.45) is 17.8 Å². The van der Waals surface area contributed by atoms with Crippen LogP contribution < -0.4 is 16.0 Å². The molecule has 6 saturated heterocycles. The molecule has 9 rings (SSSR count). The molecule has 3 saturated carbocycles. The molecule has 3 N–H and O–H groups in total. The lowest BCUT2D eigenvalue weighted by Crippen LogP contribution is -2.55. The molecule has 0 aromatic carbocycles. The summed E-state index contributed by atoms with van der Waals surface area (Å²) in [6, 6.07) is 0. The highest BCUT2D eigenvalue weighted by atomic mass is 16.7. The lowest BCUT2D eigenvalue weighted by Gasteiger charge is -2.42. The van der Waals surface area contributed by atoms with E-state index in [-0.39, 0.29) is 142 Å². The van der Waals surface area contributed by atoms with Crippen molar-refractivity contribution in [3.63, 3.8) is 0 Å². The van der Waals surface area contributed by atoms with Crippen molar-refractivity contribution >= 4 is 35.6 Å². The summed E-state index contributed by atoms with van der Waals surface area (Å²) in [6.07, 6.45) is 22.5. The van der Waals surface area contributed by atoms with Gasteiger partial charge in [-0.25, -0.2) is 0 Å². The van der Waals surface area contributed by atoms with Crippen LogP contribution in [-0.4, -0.2) is 264 Å². The first-order valence-electron chi connectivity index (χ1n) is 44.3. The zero-order valence-electron chi connectivity index (χ0n) is 76.0. The smallest absolute Gasteiger partial charge is 0.305 e. The molecule has 9 unspecified atom stereocenters. The van der Waals surface area contributed by atoms with E-state index in [0.29, 0.717) is 118 Å². The molecule has 117 heavy (non-hydrogen) atoms. The van der Waals surface area contributed by atoms with Crippen LogP contribution in [0, 0.1) is 17.8 Å². The Balaban J connectivity index is 0.000000300. The molecular formula is C90H159N3O24. The van der Waals surface area contributed by atoms with Crippen LogP contribution in [0.1, 0.15) is 259 Å². The monoisotopic (exact) mass is 1670 g/mol. The first-order chi connectivity index (χ1) is 56.0. The summed E-state index contributed by atoms with van der Waals surface area (Å²) in [5.41, 5.74) is 2.57. The topological polar surface area (TPSA) is 324 Å². The van der Waals surface area contributed by atoms with Crippen molar-refractivity contribution < 1.29 is 114 Å². The second-order valence-corrected chi connectivity index (χ2v) is 33.3. The molecule has 0 bridgehead atoms. The number of carbonyl (C=O) groups excluding carboxylic acids is 6. The minimum Gasteiger partial charge on any atom is -0.460 e. The Morgan fingerprint density at radius 2 is 0.581 bits per heavy atom. The molecular weight excluding hydrogens is 1510 g/mol. The van der Waals surface area contributed by atoms with Gasteiger partial charge in [-0.3, -0.25) is 28.8 Å². The molecule has 9 fully saturated rings. The second kappa shape index (κ2) is 54.8. The average Bonchev–Trinajstić information content (AvgIpc) is 1.54. The number of hydrogen-bond donors (Lipinski definition) is 3. The highest BCUT2D eigenvalue weighted by Crippen LogP contribution is 2.62. The van der Waals surface area contributed by atoms with E-state index in [1.807, 2.05) is 41.5 Å². The van der Waals surface area contributed by atoms with Crippen molar-refractivity contribution in [1.29, 1.82) is 0 Å². The van der Waals surface area contributed by atoms with Crippen molar-refractivity contribution in [3.05, 3.63) is 34.9 Å². The Bertz CT molecular complexity index is 2640. The lowest BCUT2D eigenvalue weighted by atomic mass is 9.68. The molecule has 3 amide bonds. The van der Waals surface area contributed by atoms with Gasteiger partial charge < -0.3 is 101 Å². The summed E-state index contributed by atoms with van der Waals surface area (Å²) in [5.74, 6) is 0.0659. The van der Waals surface area contributed by atoms with Crippen molar-refractivity contribution in [2.45, 2.75) is 348 Å². The lowest BCUT2D eigenvalue weighted by molar-refractivity contribution is -0.171. The first kappa shape index (κ1) is 105. The quantitative estimate of drug-likeness (QED) is 0.0167. The van der Waals surface area contributed by atoms with Crippen molar-refractivity contribution in [1.82, 2.24) is 16.0 Å². The van der Waals surface area contributed by atoms with E-state index in [9.17, 15) is 28.8 Å². The molecule has 0 aromatic rings. The van der Waals surface area contributed by atoms with Gasteiger partial charge in [-0.2, -0.15) is 0 Å². The van der Waals surface area contributed by atoms with Crippen molar-refractivity contribution in [2.75, 3.05) is 140 Å². The van der Waals surface area contributed by atoms with E-state index in [0.717, 1.165) is 136 Å². The van der Waals surface area contributed by atoms with Crippen LogP contribution in [0.5, 0.6) is 0 Å². The zero-order valence-corrected chi connectivity index (χ0v) is 76.0. The van der Waals surface area contributed by atoms with E-state index in [1.165, 1.54) is 16.7 Å². The van der Waals surface area contributed by atoms with Crippen molar-refractivity contribution in [3.8, 4) is 0 Å². The number of amides is 3. The third-order valence-corrected chi connectivity index (χ3v) is 22.7. The molecule has 9 aliphatic rings. The number of ether oxygens (including phenoxy) is 18. The van der Waals surface area contributed by atoms with Gasteiger partial charge >= 0.3 is 17.9 Å². The van der Waals surface area contributed by atoms with Gasteiger partial charge in [0.05, 0.1) is 115 Å². The van der Waals surface area contributed by atoms with Crippen LogP contribution in [0.15, 0.2) is 34.9 Å². The van der Waals surface area contributed by atoms with Crippen LogP contribution in [0.25, 0.3) is 0 Å². The molecule has 27 heteroatoms. The van der Waals surface area contributed by atoms with E-state index >= 15 is 0 Å². The maximum absolute atomic E-state index is 11.8. The average molecular weight is 1670 g/mol. The summed E-state index contributed by atoms with van der Waals surface area (Å²) < 4.78 is 102. The third kappa shape index (κ3) is 35.7. The summed E-state index contributed by atoms with van der Waals surface area (Å²) in [5, 5.41) is 8.34. The fourth-order valence-electron chi connectivity index (χ4n) is 16.1. The van der Waals surface area contributed by atoms with Gasteiger partial charge in [-0.05, 0) is 159 Å². The molecule has 3 aliphatic carbocycles. The summed E-state index contributed by atoms with van der Waals surface area (Å²) >= 11 is 0. The number of carbonyl (C=O) groups is 6. The van der Waals surface area contributed by atoms with Crippen LogP contribution >= 0.6 is 0 Å². The predicted molar refractivity (Wildman–Crippen MR) is 449 cm³/mol. The standard InChI is InChI=1S/3C19H30O5.3C11H23NO3/c3*1-6-15(20)23-13-9-10-19(11-22-19)17(16(13)21-5)18(4)14(24-18)8-7-12(2)3;3*1-3-5-11(13)12-6-8-15-10-9-14-7-4-2/h3*7,13-14,16-17H,6,8-11H2,1-5H3;3*3-10H2,1-2H3,(H,12,13)/t3*13?,14-,16?,17?,18-,19+;;;/m111.../s1. The van der Waals surface area contributed by atoms with Gasteiger partial charge in [0.25, 0.3) is 0 Å². The number of esters is 3. The second-order valence-electron chi connectivity index (χ2n) is 33.3. The van der Waals surface area contributed by atoms with Crippen LogP contribution in [0.2, 0.25) is 0 Å². The Labute approximate surface area is 703 Å². The van der Waals surface area contributed by atoms with Crippen LogP contribution in [0.3, 0.4) is 0 Å². The van der Waals surface area contributed by atoms with Gasteiger partial charge in [0.15, 0.2) is 0 Å². The Hall–Kier alpha value is -4.56. The van der Waals surface area contributed by atoms with E-state index in [4.69, 9.17) is 85.3 Å². The molecule has 0 aromatic heterocycles. The minimum atomic E-state index is -0.277. The Morgan fingerprint density at radius 3 is 0.769 bits per heavy atom. The summed E-state index contributed by atoms with van der Waals surface area (Å²) in [4.78, 5) is 68.4. The molecule has 0 radical (unpaired) electrons. The summed E-state index contributed by atoms with van der Waals surface area (Å²) in [6.45, 7) is 48.5. The normalized spacial score (nSPS) is 30.6. The molecule has 3 spiro atoms. The van der Waals surface area contributed by atoms with Crippen LogP contribution in [0.4, 0.5) is 0 Å². The van der Waals surface area contributed by atoms with Gasteiger partial charge in [0, 0.05) is 99.3 Å². The van der Waals surface area contributed by atoms with Crippen LogP contribution in [-0.2, 0) is 114 Å². The maximum Gasteiger partial charge on any atom is 0.305 e. The summed E-state index contributed by atoms with van der Waals surface area (Å²) in [7, 11) is 5.09. The fraction of sp³-hybridized carbons (Fsp3) is 0.867. The van der Waals surface area contributed by atoms with Gasteiger partial charge in [0.1, 0.15) is 70.2 Å². The number of hydrogen-bond acceptors (Lipinski definition) is 24. The molecule has 6 aliphatic heterocycles. The van der Waals surface area contributed by atoms with E-state index in [2.05, 4.69) is 117 Å². The van der Waals surface area contributed by atoms with E-state index < -0.39 is 0 Å². The number of allylic oxidation sites excluding steroid dienone is 3. The maximum atomic E-state index is 11.8. The van der Waals surface area contributed by atoms with E-state index in [1.54, 1.807) is 21.3 Å². The predicted octanol–water partition coefficient (Wildman–Crippen LogP) is 13.1. The highest BCUT2D eigenvalue weighted by Gasteiger charge is 2.75.